The molecule has 0 amide bonds. The monoisotopic (exact) mass is 312 g/mol. The minimum atomic E-state index is -3.96. The average molecular weight is 312 g/mol. The number of rotatable bonds is 5. The Kier molecular flexibility index (Phi) is 3.80. The van der Waals surface area contributed by atoms with E-state index in [1.165, 1.54) is 17.9 Å². The van der Waals surface area contributed by atoms with Gasteiger partial charge in [0, 0.05) is 25.4 Å². The number of methoxy groups -OCH3 is 1. The van der Waals surface area contributed by atoms with E-state index in [2.05, 4.69) is 9.82 Å². The summed E-state index contributed by atoms with van der Waals surface area (Å²) in [6.45, 7) is 0. The van der Waals surface area contributed by atoms with Gasteiger partial charge in [-0.2, -0.15) is 5.10 Å². The summed E-state index contributed by atoms with van der Waals surface area (Å²) in [5.74, 6) is 0.0190. The molecule has 1 aromatic carbocycles. The number of hydrogen-bond donors (Lipinski definition) is 1. The van der Waals surface area contributed by atoms with Crippen LogP contribution in [0.2, 0.25) is 0 Å². The highest BCUT2D eigenvalue weighted by Gasteiger charge is 2.23. The lowest BCUT2D eigenvalue weighted by Gasteiger charge is -2.09. The number of aromatic nitrogens is 2. The van der Waals surface area contributed by atoms with Crippen molar-refractivity contribution in [3.8, 4) is 5.75 Å². The Labute approximate surface area is 120 Å². The fourth-order valence-corrected chi connectivity index (χ4v) is 2.80. The molecule has 0 aliphatic heterocycles. The summed E-state index contributed by atoms with van der Waals surface area (Å²) in [7, 11) is -1.08. The van der Waals surface area contributed by atoms with Crippen LogP contribution in [-0.4, -0.2) is 30.2 Å². The lowest BCUT2D eigenvalue weighted by molar-refractivity contribution is -0.385. The molecule has 112 valence electrons. The van der Waals surface area contributed by atoms with Crippen molar-refractivity contribution in [3.63, 3.8) is 0 Å². The summed E-state index contributed by atoms with van der Waals surface area (Å²) in [5.41, 5.74) is -0.261. The van der Waals surface area contributed by atoms with Gasteiger partial charge in [-0.05, 0) is 6.07 Å². The summed E-state index contributed by atoms with van der Waals surface area (Å²) >= 11 is 0. The number of non-ortho nitro benzene ring substituents is 1. The van der Waals surface area contributed by atoms with Crippen molar-refractivity contribution in [3.05, 3.63) is 40.6 Å². The molecule has 1 heterocycles. The number of anilines is 1. The molecule has 1 N–H and O–H groups in total. The van der Waals surface area contributed by atoms with E-state index in [0.717, 1.165) is 18.2 Å². The van der Waals surface area contributed by atoms with E-state index >= 15 is 0 Å². The van der Waals surface area contributed by atoms with E-state index in [4.69, 9.17) is 4.74 Å². The number of nitro benzene ring substituents is 1. The summed E-state index contributed by atoms with van der Waals surface area (Å²) in [6, 6.07) is 4.74. The number of ether oxygens (including phenoxy) is 1. The van der Waals surface area contributed by atoms with Gasteiger partial charge in [-0.3, -0.25) is 19.5 Å². The second-order valence-corrected chi connectivity index (χ2v) is 5.72. The van der Waals surface area contributed by atoms with E-state index < -0.39 is 14.9 Å². The summed E-state index contributed by atoms with van der Waals surface area (Å²) in [6.07, 6.45) is 1.57. The Morgan fingerprint density at radius 1 is 1.38 bits per heavy atom. The molecule has 2 rings (SSSR count). The quantitative estimate of drug-likeness (QED) is 0.653. The van der Waals surface area contributed by atoms with Crippen LogP contribution in [0, 0.1) is 10.1 Å². The van der Waals surface area contributed by atoms with Crippen molar-refractivity contribution in [1.82, 2.24) is 9.78 Å². The summed E-state index contributed by atoms with van der Waals surface area (Å²) in [4.78, 5) is 9.86. The number of nitrogens with zero attached hydrogens (tertiary/aromatic N) is 3. The van der Waals surface area contributed by atoms with Crippen molar-refractivity contribution in [1.29, 1.82) is 0 Å². The highest BCUT2D eigenvalue weighted by Crippen LogP contribution is 2.29. The van der Waals surface area contributed by atoms with Crippen LogP contribution in [0.3, 0.4) is 0 Å². The molecule has 9 nitrogen and oxygen atoms in total. The van der Waals surface area contributed by atoms with E-state index in [9.17, 15) is 18.5 Å². The van der Waals surface area contributed by atoms with Gasteiger partial charge in [-0.15, -0.1) is 0 Å². The van der Waals surface area contributed by atoms with Gasteiger partial charge in [0.25, 0.3) is 15.7 Å². The van der Waals surface area contributed by atoms with Crippen molar-refractivity contribution >= 4 is 21.5 Å². The zero-order valence-corrected chi connectivity index (χ0v) is 12.0. The van der Waals surface area contributed by atoms with Gasteiger partial charge in [-0.25, -0.2) is 8.42 Å². The molecule has 0 aliphatic carbocycles. The summed E-state index contributed by atoms with van der Waals surface area (Å²) < 4.78 is 33.1. The summed E-state index contributed by atoms with van der Waals surface area (Å²) in [5, 5.41) is 14.6. The van der Waals surface area contributed by atoms with Crippen LogP contribution >= 0.6 is 0 Å². The van der Waals surface area contributed by atoms with Crippen molar-refractivity contribution in [2.75, 3.05) is 11.8 Å². The topological polar surface area (TPSA) is 116 Å². The van der Waals surface area contributed by atoms with Gasteiger partial charge in [0.05, 0.1) is 18.1 Å². The highest BCUT2D eigenvalue weighted by atomic mass is 32.2. The molecular formula is C11H12N4O5S. The van der Waals surface area contributed by atoms with Gasteiger partial charge < -0.3 is 4.74 Å². The molecular weight excluding hydrogens is 300 g/mol. The van der Waals surface area contributed by atoms with E-state index in [1.54, 1.807) is 13.2 Å². The smallest absolute Gasteiger partial charge is 0.273 e. The maximum atomic E-state index is 12.3. The Balaban J connectivity index is 2.42. The van der Waals surface area contributed by atoms with Crippen LogP contribution in [0.4, 0.5) is 11.5 Å². The number of nitro groups is 1. The molecule has 0 fully saturated rings. The Morgan fingerprint density at radius 3 is 2.62 bits per heavy atom. The minimum Gasteiger partial charge on any atom is -0.495 e. The largest absolute Gasteiger partial charge is 0.495 e. The van der Waals surface area contributed by atoms with Crippen LogP contribution in [0.15, 0.2) is 35.4 Å². The van der Waals surface area contributed by atoms with Gasteiger partial charge in [0.1, 0.15) is 10.6 Å². The van der Waals surface area contributed by atoms with E-state index in [1.807, 2.05) is 0 Å². The first kappa shape index (κ1) is 14.8. The van der Waals surface area contributed by atoms with Crippen LogP contribution in [-0.2, 0) is 17.1 Å². The minimum absolute atomic E-state index is 0.118. The fourth-order valence-electron chi connectivity index (χ4n) is 1.65. The Hall–Kier alpha value is -2.62. The van der Waals surface area contributed by atoms with Crippen molar-refractivity contribution in [2.45, 2.75) is 4.90 Å². The maximum Gasteiger partial charge on any atom is 0.273 e. The number of sulfonamides is 1. The first-order valence-corrected chi connectivity index (χ1v) is 7.16. The van der Waals surface area contributed by atoms with Crippen LogP contribution < -0.4 is 9.46 Å². The SMILES string of the molecule is COc1cc([N+](=O)[O-])ccc1S(=O)(=O)Nc1ccn(C)n1. The zero-order valence-electron chi connectivity index (χ0n) is 11.2. The van der Waals surface area contributed by atoms with E-state index in [-0.39, 0.29) is 22.2 Å². The molecule has 0 saturated carbocycles. The molecule has 0 radical (unpaired) electrons. The number of nitrogens with one attached hydrogen (secondary N) is 1. The van der Waals surface area contributed by atoms with Crippen LogP contribution in [0.25, 0.3) is 0 Å². The molecule has 0 aliphatic rings. The first-order chi connectivity index (χ1) is 9.83. The zero-order chi connectivity index (χ0) is 15.6. The van der Waals surface area contributed by atoms with Gasteiger partial charge in [0.2, 0.25) is 0 Å². The lowest BCUT2D eigenvalue weighted by Crippen LogP contribution is -2.14. The van der Waals surface area contributed by atoms with Crippen molar-refractivity contribution in [2.24, 2.45) is 7.05 Å². The standard InChI is InChI=1S/C11H12N4O5S/c1-14-6-5-11(12-14)13-21(18,19)10-4-3-8(15(16)17)7-9(10)20-2/h3-7H,1-2H3,(H,12,13). The van der Waals surface area contributed by atoms with Gasteiger partial charge >= 0.3 is 0 Å². The number of hydrogen-bond acceptors (Lipinski definition) is 6. The van der Waals surface area contributed by atoms with Crippen LogP contribution in [0.5, 0.6) is 5.75 Å². The Morgan fingerprint density at radius 2 is 2.10 bits per heavy atom. The second kappa shape index (κ2) is 5.40. The molecule has 0 unspecified atom stereocenters. The third kappa shape index (κ3) is 3.11. The number of benzene rings is 1. The van der Waals surface area contributed by atoms with Gasteiger partial charge in [-0.1, -0.05) is 0 Å². The highest BCUT2D eigenvalue weighted by molar-refractivity contribution is 7.92. The lowest BCUT2D eigenvalue weighted by atomic mass is 10.3. The maximum absolute atomic E-state index is 12.3. The number of aryl methyl sites for hydroxylation is 1. The third-order valence-electron chi connectivity index (χ3n) is 2.60. The first-order valence-electron chi connectivity index (χ1n) is 5.68. The van der Waals surface area contributed by atoms with E-state index in [0.29, 0.717) is 0 Å². The molecule has 0 atom stereocenters. The van der Waals surface area contributed by atoms with Crippen LogP contribution in [0.1, 0.15) is 0 Å². The fraction of sp³-hybridized carbons (Fsp3) is 0.182. The molecule has 0 spiro atoms. The third-order valence-corrected chi connectivity index (χ3v) is 3.99. The van der Waals surface area contributed by atoms with Gasteiger partial charge in [0.15, 0.2) is 5.82 Å². The molecule has 10 heteroatoms. The second-order valence-electron chi connectivity index (χ2n) is 4.07. The van der Waals surface area contributed by atoms with Crippen molar-refractivity contribution < 1.29 is 18.1 Å². The predicted octanol–water partition coefficient (Wildman–Crippen LogP) is 1.14. The predicted molar refractivity (Wildman–Crippen MR) is 73.7 cm³/mol. The molecule has 0 bridgehead atoms. The normalized spacial score (nSPS) is 11.1. The molecule has 0 saturated heterocycles. The molecule has 2 aromatic rings. The molecule has 21 heavy (non-hydrogen) atoms. The molecule has 1 aromatic heterocycles. The Bertz CT molecular complexity index is 784. The average Bonchev–Trinajstić information content (AvgIpc) is 2.82.